The Morgan fingerprint density at radius 3 is 2.70 bits per heavy atom. The largest absolute Gasteiger partial charge is 0.497 e. The highest BCUT2D eigenvalue weighted by Gasteiger charge is 2.08. The summed E-state index contributed by atoms with van der Waals surface area (Å²) >= 11 is 0. The van der Waals surface area contributed by atoms with Crippen LogP contribution in [0.5, 0.6) is 11.5 Å². The van der Waals surface area contributed by atoms with Gasteiger partial charge < -0.3 is 24.8 Å². The molecule has 6 heteroatoms. The number of hydrogen-bond donors (Lipinski definition) is 2. The van der Waals surface area contributed by atoms with Crippen LogP contribution in [-0.4, -0.2) is 40.0 Å². The van der Waals surface area contributed by atoms with Crippen LogP contribution < -0.4 is 20.1 Å². The van der Waals surface area contributed by atoms with E-state index in [2.05, 4.69) is 10.6 Å². The molecule has 1 rings (SSSR count). The first-order valence-corrected chi connectivity index (χ1v) is 6.55. The van der Waals surface area contributed by atoms with E-state index in [4.69, 9.17) is 14.2 Å². The summed E-state index contributed by atoms with van der Waals surface area (Å²) in [6.45, 7) is 3.82. The van der Waals surface area contributed by atoms with E-state index >= 15 is 0 Å². The lowest BCUT2D eigenvalue weighted by Crippen LogP contribution is -2.30. The number of urea groups is 1. The predicted octanol–water partition coefficient (Wildman–Crippen LogP) is 2.25. The predicted molar refractivity (Wildman–Crippen MR) is 77.7 cm³/mol. The Morgan fingerprint density at radius 2 is 2.05 bits per heavy atom. The van der Waals surface area contributed by atoms with E-state index in [1.807, 2.05) is 6.92 Å². The lowest BCUT2D eigenvalue weighted by molar-refractivity contribution is 0.145. The first-order valence-electron chi connectivity index (χ1n) is 6.55. The number of carbonyl (C=O) groups excluding carboxylic acids is 1. The molecule has 0 aliphatic heterocycles. The van der Waals surface area contributed by atoms with Crippen molar-refractivity contribution in [3.8, 4) is 11.5 Å². The van der Waals surface area contributed by atoms with Gasteiger partial charge in [0.25, 0.3) is 0 Å². The van der Waals surface area contributed by atoms with Crippen LogP contribution in [0.2, 0.25) is 0 Å². The SMILES string of the molecule is CCOCCCNC(=O)Nc1cc(OC)ccc1OC. The molecule has 0 saturated carbocycles. The number of rotatable bonds is 8. The number of hydrogen-bond acceptors (Lipinski definition) is 4. The summed E-state index contributed by atoms with van der Waals surface area (Å²) in [5.41, 5.74) is 0.564. The normalized spacial score (nSPS) is 9.95. The molecule has 0 aliphatic rings. The van der Waals surface area contributed by atoms with Gasteiger partial charge in [-0.25, -0.2) is 4.79 Å². The molecule has 0 aliphatic carbocycles. The highest BCUT2D eigenvalue weighted by atomic mass is 16.5. The highest BCUT2D eigenvalue weighted by Crippen LogP contribution is 2.28. The van der Waals surface area contributed by atoms with Gasteiger partial charge in [0.2, 0.25) is 0 Å². The highest BCUT2D eigenvalue weighted by molar-refractivity contribution is 5.91. The van der Waals surface area contributed by atoms with E-state index in [-0.39, 0.29) is 6.03 Å². The molecule has 0 atom stereocenters. The summed E-state index contributed by atoms with van der Waals surface area (Å²) in [5.74, 6) is 1.23. The molecule has 2 amide bonds. The molecular weight excluding hydrogens is 260 g/mol. The maximum absolute atomic E-state index is 11.8. The summed E-state index contributed by atoms with van der Waals surface area (Å²) in [4.78, 5) is 11.8. The van der Waals surface area contributed by atoms with Crippen LogP contribution in [0.3, 0.4) is 0 Å². The summed E-state index contributed by atoms with van der Waals surface area (Å²) in [7, 11) is 3.12. The minimum Gasteiger partial charge on any atom is -0.497 e. The van der Waals surface area contributed by atoms with Crippen LogP contribution in [0.25, 0.3) is 0 Å². The summed E-state index contributed by atoms with van der Waals surface area (Å²) < 4.78 is 15.5. The van der Waals surface area contributed by atoms with E-state index < -0.39 is 0 Å². The van der Waals surface area contributed by atoms with Crippen molar-refractivity contribution in [2.75, 3.05) is 39.3 Å². The van der Waals surface area contributed by atoms with Gasteiger partial charge in [0, 0.05) is 25.8 Å². The number of carbonyl (C=O) groups is 1. The number of benzene rings is 1. The van der Waals surface area contributed by atoms with Crippen LogP contribution in [0.15, 0.2) is 18.2 Å². The Balaban J connectivity index is 2.48. The van der Waals surface area contributed by atoms with Crippen LogP contribution in [0.1, 0.15) is 13.3 Å². The van der Waals surface area contributed by atoms with Gasteiger partial charge in [0.1, 0.15) is 11.5 Å². The zero-order valence-corrected chi connectivity index (χ0v) is 12.2. The maximum atomic E-state index is 11.8. The second kappa shape index (κ2) is 9.03. The molecule has 0 radical (unpaired) electrons. The Hall–Kier alpha value is -1.95. The van der Waals surface area contributed by atoms with Crippen molar-refractivity contribution < 1.29 is 19.0 Å². The minimum atomic E-state index is -0.284. The number of nitrogens with one attached hydrogen (secondary N) is 2. The second-order valence-electron chi connectivity index (χ2n) is 4.00. The average Bonchev–Trinajstić information content (AvgIpc) is 2.47. The van der Waals surface area contributed by atoms with Crippen molar-refractivity contribution in [3.05, 3.63) is 18.2 Å². The van der Waals surface area contributed by atoms with Crippen molar-refractivity contribution >= 4 is 11.7 Å². The van der Waals surface area contributed by atoms with Crippen molar-refractivity contribution in [2.45, 2.75) is 13.3 Å². The zero-order valence-electron chi connectivity index (χ0n) is 12.2. The van der Waals surface area contributed by atoms with E-state index in [0.717, 1.165) is 6.42 Å². The van der Waals surface area contributed by atoms with E-state index in [9.17, 15) is 4.79 Å². The molecule has 0 heterocycles. The smallest absolute Gasteiger partial charge is 0.319 e. The first-order chi connectivity index (χ1) is 9.71. The average molecular weight is 282 g/mol. The van der Waals surface area contributed by atoms with Crippen LogP contribution in [0, 0.1) is 0 Å². The minimum absolute atomic E-state index is 0.284. The molecule has 0 aromatic heterocycles. The van der Waals surface area contributed by atoms with Gasteiger partial charge >= 0.3 is 6.03 Å². The summed E-state index contributed by atoms with van der Waals surface area (Å²) in [5, 5.41) is 5.48. The zero-order chi connectivity index (χ0) is 14.8. The Morgan fingerprint density at radius 1 is 1.25 bits per heavy atom. The van der Waals surface area contributed by atoms with Gasteiger partial charge in [0.05, 0.1) is 19.9 Å². The fourth-order valence-corrected chi connectivity index (χ4v) is 1.60. The Labute approximate surface area is 119 Å². The van der Waals surface area contributed by atoms with Gasteiger partial charge in [-0.15, -0.1) is 0 Å². The van der Waals surface area contributed by atoms with Crippen molar-refractivity contribution in [1.29, 1.82) is 0 Å². The standard InChI is InChI=1S/C14H22N2O4/c1-4-20-9-5-8-15-14(17)16-12-10-11(18-2)6-7-13(12)19-3/h6-7,10H,4-5,8-9H2,1-3H3,(H2,15,16,17). The van der Waals surface area contributed by atoms with Crippen molar-refractivity contribution in [3.63, 3.8) is 0 Å². The summed E-state index contributed by atoms with van der Waals surface area (Å²) in [6.07, 6.45) is 0.774. The summed E-state index contributed by atoms with van der Waals surface area (Å²) in [6, 6.07) is 4.93. The molecule has 112 valence electrons. The van der Waals surface area contributed by atoms with Gasteiger partial charge in [-0.1, -0.05) is 0 Å². The van der Waals surface area contributed by atoms with Gasteiger partial charge in [-0.2, -0.15) is 0 Å². The third-order valence-electron chi connectivity index (χ3n) is 2.61. The number of methoxy groups -OCH3 is 2. The number of anilines is 1. The van der Waals surface area contributed by atoms with Crippen LogP contribution in [-0.2, 0) is 4.74 Å². The number of amides is 2. The first kappa shape index (κ1) is 16.1. The van der Waals surface area contributed by atoms with E-state index in [1.165, 1.54) is 0 Å². The lowest BCUT2D eigenvalue weighted by atomic mass is 10.2. The number of ether oxygens (including phenoxy) is 3. The van der Waals surface area contributed by atoms with Gasteiger partial charge in [0.15, 0.2) is 0 Å². The quantitative estimate of drug-likeness (QED) is 0.718. The molecule has 0 fully saturated rings. The molecule has 0 unspecified atom stereocenters. The molecule has 20 heavy (non-hydrogen) atoms. The monoisotopic (exact) mass is 282 g/mol. The van der Waals surface area contributed by atoms with Crippen LogP contribution in [0.4, 0.5) is 10.5 Å². The molecule has 0 spiro atoms. The molecule has 6 nitrogen and oxygen atoms in total. The molecular formula is C14H22N2O4. The lowest BCUT2D eigenvalue weighted by Gasteiger charge is -2.12. The third kappa shape index (κ3) is 5.36. The molecule has 1 aromatic carbocycles. The van der Waals surface area contributed by atoms with E-state index in [0.29, 0.717) is 36.9 Å². The van der Waals surface area contributed by atoms with Crippen molar-refractivity contribution in [2.24, 2.45) is 0 Å². The topological polar surface area (TPSA) is 68.8 Å². The van der Waals surface area contributed by atoms with Crippen LogP contribution >= 0.6 is 0 Å². The fraction of sp³-hybridized carbons (Fsp3) is 0.500. The van der Waals surface area contributed by atoms with Gasteiger partial charge in [-0.05, 0) is 25.5 Å². The molecule has 1 aromatic rings. The Kier molecular flexibility index (Phi) is 7.27. The maximum Gasteiger partial charge on any atom is 0.319 e. The molecule has 2 N–H and O–H groups in total. The van der Waals surface area contributed by atoms with Gasteiger partial charge in [-0.3, -0.25) is 0 Å². The second-order valence-corrected chi connectivity index (χ2v) is 4.00. The molecule has 0 bridgehead atoms. The van der Waals surface area contributed by atoms with Crippen molar-refractivity contribution in [1.82, 2.24) is 5.32 Å². The Bertz CT molecular complexity index is 424. The van der Waals surface area contributed by atoms with E-state index in [1.54, 1.807) is 32.4 Å². The fourth-order valence-electron chi connectivity index (χ4n) is 1.60. The molecule has 0 saturated heterocycles. The third-order valence-corrected chi connectivity index (χ3v) is 2.61.